The number of likely N-dealkylation sites (tertiary alicyclic amines) is 1. The zero-order valence-electron chi connectivity index (χ0n) is 13.6. The van der Waals surface area contributed by atoms with E-state index in [0.717, 1.165) is 25.9 Å². The van der Waals surface area contributed by atoms with E-state index < -0.39 is 5.60 Å². The van der Waals surface area contributed by atoms with Gasteiger partial charge in [0.1, 0.15) is 5.60 Å². The number of pyridine rings is 1. The third-order valence-corrected chi connectivity index (χ3v) is 4.06. The van der Waals surface area contributed by atoms with Crippen LogP contribution in [0.4, 0.5) is 0 Å². The van der Waals surface area contributed by atoms with Crippen LogP contribution in [0, 0.1) is 11.8 Å². The third-order valence-electron chi connectivity index (χ3n) is 4.06. The molecule has 1 aliphatic rings. The summed E-state index contributed by atoms with van der Waals surface area (Å²) >= 11 is 0. The second kappa shape index (κ2) is 9.15. The first-order valence-electron chi connectivity index (χ1n) is 7.99. The standard InChI is InChI=1S/C18H26N2O.ClH/c1-3-10-18(2,21)11-7-14-20-13-5-4-9-17(20)16-8-6-12-19-15-16;/h6,8,12,15,17,21H,3-5,9-10,13-14H2,1-2H3;1H. The molecule has 0 saturated carbocycles. The molecule has 1 N–H and O–H groups in total. The summed E-state index contributed by atoms with van der Waals surface area (Å²) in [6.45, 7) is 5.67. The highest BCUT2D eigenvalue weighted by atomic mass is 35.5. The molecular formula is C18H27ClN2O. The highest BCUT2D eigenvalue weighted by Crippen LogP contribution is 2.29. The van der Waals surface area contributed by atoms with Gasteiger partial charge in [0.25, 0.3) is 0 Å². The van der Waals surface area contributed by atoms with E-state index in [1.54, 1.807) is 6.92 Å². The van der Waals surface area contributed by atoms with Crippen molar-refractivity contribution in [3.63, 3.8) is 0 Å². The van der Waals surface area contributed by atoms with Crippen LogP contribution in [0.5, 0.6) is 0 Å². The Bertz CT molecular complexity index is 493. The average molecular weight is 323 g/mol. The molecular weight excluding hydrogens is 296 g/mol. The van der Waals surface area contributed by atoms with E-state index in [4.69, 9.17) is 0 Å². The van der Waals surface area contributed by atoms with Crippen molar-refractivity contribution in [1.29, 1.82) is 0 Å². The van der Waals surface area contributed by atoms with Gasteiger partial charge >= 0.3 is 0 Å². The Morgan fingerprint density at radius 2 is 2.27 bits per heavy atom. The molecule has 1 aromatic heterocycles. The Kier molecular flexibility index (Phi) is 7.89. The van der Waals surface area contributed by atoms with Crippen molar-refractivity contribution in [2.45, 2.75) is 57.6 Å². The Balaban J connectivity index is 0.00000242. The number of halogens is 1. The van der Waals surface area contributed by atoms with E-state index in [2.05, 4.69) is 34.7 Å². The van der Waals surface area contributed by atoms with Gasteiger partial charge in [-0.25, -0.2) is 0 Å². The van der Waals surface area contributed by atoms with Gasteiger partial charge in [-0.15, -0.1) is 12.4 Å². The molecule has 22 heavy (non-hydrogen) atoms. The Hall–Kier alpha value is -1.08. The number of piperidine rings is 1. The van der Waals surface area contributed by atoms with Crippen LogP contribution in [0.3, 0.4) is 0 Å². The lowest BCUT2D eigenvalue weighted by Crippen LogP contribution is -2.34. The summed E-state index contributed by atoms with van der Waals surface area (Å²) in [5.74, 6) is 6.21. The summed E-state index contributed by atoms with van der Waals surface area (Å²) in [6.07, 6.45) is 9.11. The normalized spacial score (nSPS) is 21.1. The molecule has 0 aromatic carbocycles. The summed E-state index contributed by atoms with van der Waals surface area (Å²) in [7, 11) is 0. The maximum Gasteiger partial charge on any atom is 0.122 e. The van der Waals surface area contributed by atoms with E-state index in [9.17, 15) is 5.11 Å². The van der Waals surface area contributed by atoms with Crippen molar-refractivity contribution in [2.75, 3.05) is 13.1 Å². The SMILES string of the molecule is CCCC(C)(O)C#CCN1CCCCC1c1cccnc1.Cl. The molecule has 0 amide bonds. The van der Waals surface area contributed by atoms with Crippen molar-refractivity contribution in [3.8, 4) is 11.8 Å². The zero-order chi connectivity index (χ0) is 15.1. The monoisotopic (exact) mass is 322 g/mol. The van der Waals surface area contributed by atoms with E-state index in [1.807, 2.05) is 18.5 Å². The molecule has 4 heteroatoms. The van der Waals surface area contributed by atoms with Crippen molar-refractivity contribution in [3.05, 3.63) is 30.1 Å². The molecule has 3 nitrogen and oxygen atoms in total. The van der Waals surface area contributed by atoms with Gasteiger partial charge < -0.3 is 5.11 Å². The van der Waals surface area contributed by atoms with Crippen molar-refractivity contribution < 1.29 is 5.11 Å². The maximum atomic E-state index is 10.1. The molecule has 1 fully saturated rings. The predicted molar refractivity (Wildman–Crippen MR) is 93.0 cm³/mol. The smallest absolute Gasteiger partial charge is 0.122 e. The molecule has 122 valence electrons. The summed E-state index contributed by atoms with van der Waals surface area (Å²) in [4.78, 5) is 6.65. The summed E-state index contributed by atoms with van der Waals surface area (Å²) in [6, 6.07) is 4.56. The van der Waals surface area contributed by atoms with Crippen LogP contribution in [-0.2, 0) is 0 Å². The molecule has 2 rings (SSSR count). The van der Waals surface area contributed by atoms with E-state index in [-0.39, 0.29) is 12.4 Å². The van der Waals surface area contributed by atoms with Crippen LogP contribution in [0.15, 0.2) is 24.5 Å². The number of nitrogens with zero attached hydrogens (tertiary/aromatic N) is 2. The highest BCUT2D eigenvalue weighted by molar-refractivity contribution is 5.85. The third kappa shape index (κ3) is 5.61. The highest BCUT2D eigenvalue weighted by Gasteiger charge is 2.23. The van der Waals surface area contributed by atoms with Gasteiger partial charge in [0, 0.05) is 18.4 Å². The first-order valence-corrected chi connectivity index (χ1v) is 7.99. The van der Waals surface area contributed by atoms with Gasteiger partial charge in [0.05, 0.1) is 6.54 Å². The Labute approximate surface area is 140 Å². The van der Waals surface area contributed by atoms with Gasteiger partial charge in [-0.1, -0.05) is 37.7 Å². The van der Waals surface area contributed by atoms with Gasteiger partial charge in [-0.3, -0.25) is 9.88 Å². The van der Waals surface area contributed by atoms with Crippen LogP contribution in [-0.4, -0.2) is 33.7 Å². The molecule has 2 heterocycles. The molecule has 1 aliphatic heterocycles. The van der Waals surface area contributed by atoms with Gasteiger partial charge in [0.2, 0.25) is 0 Å². The van der Waals surface area contributed by atoms with E-state index >= 15 is 0 Å². The largest absolute Gasteiger partial charge is 0.378 e. The second-order valence-corrected chi connectivity index (χ2v) is 6.09. The zero-order valence-corrected chi connectivity index (χ0v) is 14.4. The fraction of sp³-hybridized carbons (Fsp3) is 0.611. The van der Waals surface area contributed by atoms with Gasteiger partial charge in [-0.05, 0) is 44.4 Å². The molecule has 1 aromatic rings. The molecule has 2 unspecified atom stereocenters. The summed E-state index contributed by atoms with van der Waals surface area (Å²) in [5.41, 5.74) is 0.424. The minimum absolute atomic E-state index is 0. The first kappa shape index (κ1) is 19.0. The van der Waals surface area contributed by atoms with Crippen LogP contribution < -0.4 is 0 Å². The number of rotatable bonds is 4. The van der Waals surface area contributed by atoms with Crippen molar-refractivity contribution in [2.24, 2.45) is 0 Å². The second-order valence-electron chi connectivity index (χ2n) is 6.09. The van der Waals surface area contributed by atoms with Crippen molar-refractivity contribution in [1.82, 2.24) is 9.88 Å². The molecule has 0 radical (unpaired) electrons. The van der Waals surface area contributed by atoms with Crippen LogP contribution in [0.2, 0.25) is 0 Å². The minimum atomic E-state index is -0.853. The maximum absolute atomic E-state index is 10.1. The number of aromatic nitrogens is 1. The molecule has 0 spiro atoms. The molecule has 0 aliphatic carbocycles. The summed E-state index contributed by atoms with van der Waals surface area (Å²) in [5, 5.41) is 10.1. The molecule has 0 bridgehead atoms. The average Bonchev–Trinajstić information content (AvgIpc) is 2.48. The Morgan fingerprint density at radius 3 is 2.95 bits per heavy atom. The van der Waals surface area contributed by atoms with Crippen LogP contribution >= 0.6 is 12.4 Å². The van der Waals surface area contributed by atoms with Gasteiger partial charge in [0.15, 0.2) is 0 Å². The lowest BCUT2D eigenvalue weighted by molar-refractivity contribution is 0.111. The van der Waals surface area contributed by atoms with Crippen molar-refractivity contribution >= 4 is 12.4 Å². The predicted octanol–water partition coefficient (Wildman–Crippen LogP) is 3.58. The quantitative estimate of drug-likeness (QED) is 0.861. The van der Waals surface area contributed by atoms with Crippen LogP contribution in [0.25, 0.3) is 0 Å². The lowest BCUT2D eigenvalue weighted by atomic mass is 9.96. The van der Waals surface area contributed by atoms with Gasteiger partial charge in [-0.2, -0.15) is 0 Å². The number of hydrogen-bond donors (Lipinski definition) is 1. The topological polar surface area (TPSA) is 36.4 Å². The first-order chi connectivity index (χ1) is 10.1. The van der Waals surface area contributed by atoms with Crippen LogP contribution in [0.1, 0.15) is 57.6 Å². The summed E-state index contributed by atoms with van der Waals surface area (Å²) < 4.78 is 0. The van der Waals surface area contributed by atoms with E-state index in [1.165, 1.54) is 24.8 Å². The fourth-order valence-electron chi connectivity index (χ4n) is 3.01. The molecule has 2 atom stereocenters. The number of aliphatic hydroxyl groups is 1. The fourth-order valence-corrected chi connectivity index (χ4v) is 3.01. The molecule has 1 saturated heterocycles. The Morgan fingerprint density at radius 1 is 1.45 bits per heavy atom. The van der Waals surface area contributed by atoms with E-state index in [0.29, 0.717) is 6.04 Å². The lowest BCUT2D eigenvalue weighted by Gasteiger charge is -2.34. The number of hydrogen-bond acceptors (Lipinski definition) is 3. The minimum Gasteiger partial charge on any atom is -0.378 e.